The van der Waals surface area contributed by atoms with Gasteiger partial charge in [-0.15, -0.1) is 12.4 Å². The van der Waals surface area contributed by atoms with Gasteiger partial charge >= 0.3 is 0 Å². The minimum atomic E-state index is -0.420. The Labute approximate surface area is 138 Å². The van der Waals surface area contributed by atoms with Gasteiger partial charge in [0.05, 0.1) is 5.41 Å². The molecule has 22 heavy (non-hydrogen) atoms. The fourth-order valence-electron chi connectivity index (χ4n) is 3.60. The van der Waals surface area contributed by atoms with Gasteiger partial charge in [0.2, 0.25) is 5.91 Å². The van der Waals surface area contributed by atoms with Crippen molar-refractivity contribution < 1.29 is 9.53 Å². The number of hydrogen-bond acceptors (Lipinski definition) is 3. The molecular formula is C17H25ClN2O2. The van der Waals surface area contributed by atoms with Crippen LogP contribution in [0.1, 0.15) is 31.2 Å². The van der Waals surface area contributed by atoms with Gasteiger partial charge in [0, 0.05) is 32.3 Å². The Morgan fingerprint density at radius 1 is 1.23 bits per heavy atom. The Hall–Kier alpha value is -1.10. The maximum atomic E-state index is 13.2. The summed E-state index contributed by atoms with van der Waals surface area (Å²) in [7, 11) is 0. The van der Waals surface area contributed by atoms with Gasteiger partial charge < -0.3 is 15.4 Å². The SMILES string of the molecule is Cl.NC1CCCN(C(=O)C2(c3ccccc3)CCOCC2)C1. The molecule has 3 rings (SSSR count). The highest BCUT2D eigenvalue weighted by Crippen LogP contribution is 2.37. The summed E-state index contributed by atoms with van der Waals surface area (Å²) < 4.78 is 5.51. The molecule has 0 saturated carbocycles. The van der Waals surface area contributed by atoms with E-state index in [1.54, 1.807) is 0 Å². The molecular weight excluding hydrogens is 300 g/mol. The highest BCUT2D eigenvalue weighted by atomic mass is 35.5. The lowest BCUT2D eigenvalue weighted by molar-refractivity contribution is -0.142. The second-order valence-electron chi connectivity index (χ2n) is 6.21. The Balaban J connectivity index is 0.00000176. The highest BCUT2D eigenvalue weighted by molar-refractivity contribution is 5.88. The normalized spacial score (nSPS) is 24.4. The first-order chi connectivity index (χ1) is 10.2. The molecule has 2 fully saturated rings. The summed E-state index contributed by atoms with van der Waals surface area (Å²) in [4.78, 5) is 15.2. The molecule has 122 valence electrons. The summed E-state index contributed by atoms with van der Waals surface area (Å²) >= 11 is 0. The lowest BCUT2D eigenvalue weighted by atomic mass is 9.72. The van der Waals surface area contributed by atoms with Crippen LogP contribution in [-0.4, -0.2) is 43.2 Å². The molecule has 2 aliphatic heterocycles. The number of nitrogens with two attached hydrogens (primary N) is 1. The van der Waals surface area contributed by atoms with Crippen LogP contribution in [0.5, 0.6) is 0 Å². The smallest absolute Gasteiger partial charge is 0.233 e. The number of nitrogens with zero attached hydrogens (tertiary/aromatic N) is 1. The van der Waals surface area contributed by atoms with Crippen molar-refractivity contribution in [2.24, 2.45) is 5.73 Å². The predicted octanol–water partition coefficient (Wildman–Crippen LogP) is 2.11. The largest absolute Gasteiger partial charge is 0.381 e. The van der Waals surface area contributed by atoms with Crippen LogP contribution < -0.4 is 5.73 Å². The fourth-order valence-corrected chi connectivity index (χ4v) is 3.60. The average Bonchev–Trinajstić information content (AvgIpc) is 2.55. The summed E-state index contributed by atoms with van der Waals surface area (Å²) in [5, 5.41) is 0. The van der Waals surface area contributed by atoms with E-state index in [0.29, 0.717) is 19.8 Å². The van der Waals surface area contributed by atoms with Gasteiger partial charge in [-0.1, -0.05) is 30.3 Å². The maximum absolute atomic E-state index is 13.2. The number of likely N-dealkylation sites (tertiary alicyclic amines) is 1. The molecule has 2 heterocycles. The van der Waals surface area contributed by atoms with Gasteiger partial charge in [0.1, 0.15) is 0 Å². The zero-order valence-electron chi connectivity index (χ0n) is 12.9. The number of halogens is 1. The van der Waals surface area contributed by atoms with Gasteiger partial charge in [0.15, 0.2) is 0 Å². The van der Waals surface area contributed by atoms with Crippen molar-refractivity contribution in [1.29, 1.82) is 0 Å². The van der Waals surface area contributed by atoms with Gasteiger partial charge in [-0.25, -0.2) is 0 Å². The van der Waals surface area contributed by atoms with Crippen LogP contribution in [0.15, 0.2) is 30.3 Å². The van der Waals surface area contributed by atoms with Crippen LogP contribution in [0.25, 0.3) is 0 Å². The van der Waals surface area contributed by atoms with Crippen molar-refractivity contribution in [2.75, 3.05) is 26.3 Å². The molecule has 4 nitrogen and oxygen atoms in total. The number of rotatable bonds is 2. The van der Waals surface area contributed by atoms with Gasteiger partial charge in [-0.2, -0.15) is 0 Å². The van der Waals surface area contributed by atoms with E-state index >= 15 is 0 Å². The van der Waals surface area contributed by atoms with Crippen LogP contribution in [0.4, 0.5) is 0 Å². The van der Waals surface area contributed by atoms with E-state index in [-0.39, 0.29) is 24.4 Å². The van der Waals surface area contributed by atoms with E-state index in [9.17, 15) is 4.79 Å². The lowest BCUT2D eigenvalue weighted by Crippen LogP contribution is -2.54. The number of ether oxygens (including phenoxy) is 1. The number of amides is 1. The second-order valence-corrected chi connectivity index (χ2v) is 6.21. The number of carbonyl (C=O) groups is 1. The van der Waals surface area contributed by atoms with Crippen molar-refractivity contribution in [1.82, 2.24) is 4.90 Å². The quantitative estimate of drug-likeness (QED) is 0.906. The van der Waals surface area contributed by atoms with E-state index < -0.39 is 5.41 Å². The molecule has 1 atom stereocenters. The number of carbonyl (C=O) groups excluding carboxylic acids is 1. The van der Waals surface area contributed by atoms with Crippen molar-refractivity contribution in [3.63, 3.8) is 0 Å². The molecule has 0 bridgehead atoms. The molecule has 2 saturated heterocycles. The molecule has 1 unspecified atom stereocenters. The second kappa shape index (κ2) is 7.44. The van der Waals surface area contributed by atoms with Crippen molar-refractivity contribution in [3.8, 4) is 0 Å². The maximum Gasteiger partial charge on any atom is 0.233 e. The Bertz CT molecular complexity index is 489. The number of benzene rings is 1. The Morgan fingerprint density at radius 3 is 2.55 bits per heavy atom. The van der Waals surface area contributed by atoms with E-state index in [1.807, 2.05) is 23.1 Å². The number of hydrogen-bond donors (Lipinski definition) is 1. The third kappa shape index (κ3) is 3.29. The molecule has 2 aliphatic rings. The molecule has 2 N–H and O–H groups in total. The van der Waals surface area contributed by atoms with Crippen LogP contribution in [0.2, 0.25) is 0 Å². The number of piperidine rings is 1. The summed E-state index contributed by atoms with van der Waals surface area (Å²) in [6.07, 6.45) is 3.56. The summed E-state index contributed by atoms with van der Waals surface area (Å²) in [6, 6.07) is 10.3. The standard InChI is InChI=1S/C17H24N2O2.ClH/c18-15-7-4-10-19(13-15)16(20)17(8-11-21-12-9-17)14-5-2-1-3-6-14;/h1-3,5-6,15H,4,7-13,18H2;1H. The monoisotopic (exact) mass is 324 g/mol. The molecule has 0 spiro atoms. The molecule has 0 aromatic heterocycles. The summed E-state index contributed by atoms with van der Waals surface area (Å²) in [5.41, 5.74) is 6.76. The van der Waals surface area contributed by atoms with Crippen LogP contribution in [0, 0.1) is 0 Å². The minimum absolute atomic E-state index is 0. The lowest BCUT2D eigenvalue weighted by Gasteiger charge is -2.42. The Kier molecular flexibility index (Phi) is 5.84. The zero-order chi connectivity index (χ0) is 14.7. The molecule has 1 aromatic rings. The third-order valence-corrected chi connectivity index (χ3v) is 4.83. The zero-order valence-corrected chi connectivity index (χ0v) is 13.7. The summed E-state index contributed by atoms with van der Waals surface area (Å²) in [6.45, 7) is 2.83. The average molecular weight is 325 g/mol. The van der Waals surface area contributed by atoms with Crippen molar-refractivity contribution in [2.45, 2.75) is 37.1 Å². The van der Waals surface area contributed by atoms with E-state index in [1.165, 1.54) is 0 Å². The molecule has 1 aromatic carbocycles. The van der Waals surface area contributed by atoms with Crippen molar-refractivity contribution in [3.05, 3.63) is 35.9 Å². The van der Waals surface area contributed by atoms with E-state index in [0.717, 1.165) is 37.8 Å². The molecule has 0 aliphatic carbocycles. The van der Waals surface area contributed by atoms with Crippen LogP contribution >= 0.6 is 12.4 Å². The third-order valence-electron chi connectivity index (χ3n) is 4.83. The fraction of sp³-hybridized carbons (Fsp3) is 0.588. The van der Waals surface area contributed by atoms with Crippen LogP contribution in [-0.2, 0) is 14.9 Å². The van der Waals surface area contributed by atoms with E-state index in [2.05, 4.69) is 12.1 Å². The van der Waals surface area contributed by atoms with Crippen LogP contribution in [0.3, 0.4) is 0 Å². The molecule has 0 radical (unpaired) electrons. The topological polar surface area (TPSA) is 55.6 Å². The predicted molar refractivity (Wildman–Crippen MR) is 89.2 cm³/mol. The Morgan fingerprint density at radius 2 is 1.91 bits per heavy atom. The minimum Gasteiger partial charge on any atom is -0.381 e. The highest BCUT2D eigenvalue weighted by Gasteiger charge is 2.44. The van der Waals surface area contributed by atoms with Gasteiger partial charge in [0.25, 0.3) is 0 Å². The summed E-state index contributed by atoms with van der Waals surface area (Å²) in [5.74, 6) is 0.243. The first-order valence-corrected chi connectivity index (χ1v) is 7.91. The molecule has 5 heteroatoms. The van der Waals surface area contributed by atoms with E-state index in [4.69, 9.17) is 10.5 Å². The molecule has 1 amide bonds. The van der Waals surface area contributed by atoms with Gasteiger partial charge in [-0.3, -0.25) is 4.79 Å². The van der Waals surface area contributed by atoms with Gasteiger partial charge in [-0.05, 0) is 31.2 Å². The first kappa shape index (κ1) is 17.3. The first-order valence-electron chi connectivity index (χ1n) is 7.91. The van der Waals surface area contributed by atoms with Crippen molar-refractivity contribution >= 4 is 18.3 Å².